The van der Waals surface area contributed by atoms with Gasteiger partial charge in [0.1, 0.15) is 11.0 Å². The van der Waals surface area contributed by atoms with Gasteiger partial charge in [0.15, 0.2) is 0 Å². The summed E-state index contributed by atoms with van der Waals surface area (Å²) in [4.78, 5) is 4.42. The molecule has 6 heteroatoms. The van der Waals surface area contributed by atoms with Crippen LogP contribution in [0.1, 0.15) is 32.6 Å². The highest BCUT2D eigenvalue weighted by Gasteiger charge is 1.98. The second-order valence-electron chi connectivity index (χ2n) is 4.02. The van der Waals surface area contributed by atoms with Gasteiger partial charge in [-0.15, -0.1) is 5.10 Å². The molecule has 1 aromatic carbocycles. The van der Waals surface area contributed by atoms with Crippen LogP contribution in [0.3, 0.4) is 0 Å². The van der Waals surface area contributed by atoms with Gasteiger partial charge in [-0.3, -0.25) is 0 Å². The van der Waals surface area contributed by atoms with Crippen LogP contribution < -0.4 is 0 Å². The quantitative estimate of drug-likeness (QED) is 0.492. The zero-order valence-corrected chi connectivity index (χ0v) is 11.1. The number of aliphatic imine (C=N–C) groups is 1. The van der Waals surface area contributed by atoms with Crippen molar-refractivity contribution in [3.8, 4) is 0 Å². The summed E-state index contributed by atoms with van der Waals surface area (Å²) in [5.74, 6) is 0. The molecule has 0 atom stereocenters. The van der Waals surface area contributed by atoms with Crippen LogP contribution in [0, 0.1) is 5.41 Å². The van der Waals surface area contributed by atoms with E-state index in [0.717, 1.165) is 17.8 Å². The fourth-order valence-electron chi connectivity index (χ4n) is 1.53. The van der Waals surface area contributed by atoms with Gasteiger partial charge in [-0.2, -0.15) is 0 Å². The molecule has 0 saturated carbocycles. The first kappa shape index (κ1) is 14.9. The van der Waals surface area contributed by atoms with Gasteiger partial charge in [0.05, 0.1) is 6.01 Å². The highest BCUT2D eigenvalue weighted by atomic mass is 16.5. The summed E-state index contributed by atoms with van der Waals surface area (Å²) in [7, 11) is 0. The van der Waals surface area contributed by atoms with Crippen molar-refractivity contribution in [3.05, 3.63) is 24.3 Å². The Hall–Kier alpha value is -2.20. The number of nitrogens with one attached hydrogen (secondary N) is 1. The molecular formula is C13H19N5O. The SMILES string of the molecule is CCCCCCN=C=N.On1nnc2ccccc21. The maximum atomic E-state index is 8.95. The number of fused-ring (bicyclic) bond motifs is 1. The van der Waals surface area contributed by atoms with E-state index < -0.39 is 0 Å². The highest BCUT2D eigenvalue weighted by molar-refractivity contribution is 5.73. The fraction of sp³-hybridized carbons (Fsp3) is 0.462. The molecule has 2 aromatic rings. The van der Waals surface area contributed by atoms with E-state index in [2.05, 4.69) is 22.2 Å². The Morgan fingerprint density at radius 3 is 2.79 bits per heavy atom. The first-order valence-electron chi connectivity index (χ1n) is 6.37. The first-order valence-corrected chi connectivity index (χ1v) is 6.37. The summed E-state index contributed by atoms with van der Waals surface area (Å²) in [6.45, 7) is 2.96. The number of aromatic nitrogens is 3. The molecule has 0 aliphatic rings. The van der Waals surface area contributed by atoms with Gasteiger partial charge in [-0.05, 0) is 23.8 Å². The Morgan fingerprint density at radius 1 is 1.32 bits per heavy atom. The largest absolute Gasteiger partial charge is 0.410 e. The van der Waals surface area contributed by atoms with E-state index in [1.54, 1.807) is 12.1 Å². The van der Waals surface area contributed by atoms with E-state index in [1.165, 1.54) is 19.3 Å². The lowest BCUT2D eigenvalue weighted by Crippen LogP contribution is -1.90. The normalized spacial score (nSPS) is 9.53. The monoisotopic (exact) mass is 261 g/mol. The van der Waals surface area contributed by atoms with Crippen LogP contribution in [0.25, 0.3) is 11.0 Å². The molecule has 2 N–H and O–H groups in total. The number of hydrogen-bond donors (Lipinski definition) is 2. The average Bonchev–Trinajstić information content (AvgIpc) is 2.82. The minimum absolute atomic E-state index is 0.627. The Kier molecular flexibility index (Phi) is 6.90. The molecule has 0 unspecified atom stereocenters. The van der Waals surface area contributed by atoms with Crippen LogP contribution >= 0.6 is 0 Å². The molecule has 0 aliphatic carbocycles. The predicted molar refractivity (Wildman–Crippen MR) is 73.9 cm³/mol. The topological polar surface area (TPSA) is 87.1 Å². The van der Waals surface area contributed by atoms with E-state index in [0.29, 0.717) is 11.0 Å². The molecule has 1 aromatic heterocycles. The molecule has 0 fully saturated rings. The van der Waals surface area contributed by atoms with Crippen molar-refractivity contribution in [3.63, 3.8) is 0 Å². The maximum absolute atomic E-state index is 8.95. The van der Waals surface area contributed by atoms with Gasteiger partial charge in [0, 0.05) is 6.54 Å². The van der Waals surface area contributed by atoms with Crippen LogP contribution in [0.5, 0.6) is 0 Å². The van der Waals surface area contributed by atoms with E-state index in [4.69, 9.17) is 10.6 Å². The summed E-state index contributed by atoms with van der Waals surface area (Å²) < 4.78 is 0. The Balaban J connectivity index is 0.000000192. The Labute approximate surface area is 112 Å². The summed E-state index contributed by atoms with van der Waals surface area (Å²) in [6.07, 6.45) is 4.89. The molecule has 1 heterocycles. The van der Waals surface area contributed by atoms with Crippen molar-refractivity contribution in [2.24, 2.45) is 4.99 Å². The van der Waals surface area contributed by atoms with Gasteiger partial charge in [-0.25, -0.2) is 10.4 Å². The van der Waals surface area contributed by atoms with Gasteiger partial charge >= 0.3 is 0 Å². The molecule has 0 spiro atoms. The van der Waals surface area contributed by atoms with Crippen molar-refractivity contribution in [1.29, 1.82) is 5.41 Å². The number of nitrogens with zero attached hydrogens (tertiary/aromatic N) is 4. The molecule has 2 rings (SSSR count). The lowest BCUT2D eigenvalue weighted by atomic mass is 10.2. The fourth-order valence-corrected chi connectivity index (χ4v) is 1.53. The Morgan fingerprint density at radius 2 is 2.11 bits per heavy atom. The lowest BCUT2D eigenvalue weighted by molar-refractivity contribution is 0.155. The van der Waals surface area contributed by atoms with Gasteiger partial charge in [0.25, 0.3) is 0 Å². The molecule has 0 bridgehead atoms. The third-order valence-electron chi connectivity index (χ3n) is 2.54. The van der Waals surface area contributed by atoms with Gasteiger partial charge < -0.3 is 5.21 Å². The average molecular weight is 261 g/mol. The first-order chi connectivity index (χ1) is 9.29. The zero-order valence-electron chi connectivity index (χ0n) is 11.1. The predicted octanol–water partition coefficient (Wildman–Crippen LogP) is 2.99. The number of rotatable bonds is 5. The lowest BCUT2D eigenvalue weighted by Gasteiger charge is -1.91. The van der Waals surface area contributed by atoms with Crippen molar-refractivity contribution in [1.82, 2.24) is 15.2 Å². The number of hydrogen-bond acceptors (Lipinski definition) is 5. The second-order valence-corrected chi connectivity index (χ2v) is 4.02. The molecule has 102 valence electrons. The minimum Gasteiger partial charge on any atom is -0.410 e. The minimum atomic E-state index is 0.627. The van der Waals surface area contributed by atoms with Crippen LogP contribution in [0.2, 0.25) is 0 Å². The van der Waals surface area contributed by atoms with Crippen LogP contribution in [-0.2, 0) is 0 Å². The smallest absolute Gasteiger partial charge is 0.130 e. The Bertz CT molecular complexity index is 531. The van der Waals surface area contributed by atoms with E-state index in [1.807, 2.05) is 18.1 Å². The van der Waals surface area contributed by atoms with Crippen LogP contribution in [-0.4, -0.2) is 32.9 Å². The molecular weight excluding hydrogens is 242 g/mol. The standard InChI is InChI=1S/C7H14N2.C6H5N3O/c1-2-3-4-5-6-9-7-8;10-9-6-4-2-1-3-5(6)7-8-9/h8H,2-6H2,1H3;1-4,10H. The summed E-state index contributed by atoms with van der Waals surface area (Å²) >= 11 is 0. The molecule has 0 amide bonds. The van der Waals surface area contributed by atoms with Gasteiger partial charge in [-0.1, -0.05) is 43.2 Å². The number of unbranched alkanes of at least 4 members (excludes halogenated alkanes) is 3. The maximum Gasteiger partial charge on any atom is 0.130 e. The number of benzene rings is 1. The van der Waals surface area contributed by atoms with Crippen molar-refractivity contribution in [2.45, 2.75) is 32.6 Å². The van der Waals surface area contributed by atoms with E-state index >= 15 is 0 Å². The molecule has 0 saturated heterocycles. The van der Waals surface area contributed by atoms with Crippen molar-refractivity contribution in [2.75, 3.05) is 6.54 Å². The molecule has 19 heavy (non-hydrogen) atoms. The molecule has 6 nitrogen and oxygen atoms in total. The number of para-hydroxylation sites is 1. The summed E-state index contributed by atoms with van der Waals surface area (Å²) in [6, 6.07) is 9.21. The zero-order chi connectivity index (χ0) is 13.9. The molecule has 0 radical (unpaired) electrons. The van der Waals surface area contributed by atoms with E-state index in [9.17, 15) is 0 Å². The third kappa shape index (κ3) is 5.31. The van der Waals surface area contributed by atoms with E-state index in [-0.39, 0.29) is 0 Å². The van der Waals surface area contributed by atoms with Crippen molar-refractivity contribution < 1.29 is 5.21 Å². The van der Waals surface area contributed by atoms with Crippen molar-refractivity contribution >= 4 is 17.0 Å². The molecule has 0 aliphatic heterocycles. The third-order valence-corrected chi connectivity index (χ3v) is 2.54. The summed E-state index contributed by atoms with van der Waals surface area (Å²) in [5, 5.41) is 22.5. The summed E-state index contributed by atoms with van der Waals surface area (Å²) in [5.41, 5.74) is 1.33. The highest BCUT2D eigenvalue weighted by Crippen LogP contribution is 2.06. The van der Waals surface area contributed by atoms with Crippen LogP contribution in [0.4, 0.5) is 0 Å². The van der Waals surface area contributed by atoms with Gasteiger partial charge in [0.2, 0.25) is 0 Å². The van der Waals surface area contributed by atoms with Crippen LogP contribution in [0.15, 0.2) is 29.3 Å². The second kappa shape index (κ2) is 8.83.